The van der Waals surface area contributed by atoms with Gasteiger partial charge in [-0.3, -0.25) is 25.2 Å². The lowest BCUT2D eigenvalue weighted by Crippen LogP contribution is -2.48. The monoisotopic (exact) mass is 462 g/mol. The highest BCUT2D eigenvalue weighted by atomic mass is 35.5. The second-order valence-electron chi connectivity index (χ2n) is 6.54. The Kier molecular flexibility index (Phi) is 9.23. The molecule has 0 saturated carbocycles. The molecule has 8 nitrogen and oxygen atoms in total. The van der Waals surface area contributed by atoms with Gasteiger partial charge in [0.05, 0.1) is 13.5 Å². The maximum atomic E-state index is 12.0. The Balaban J connectivity index is 1.67. The van der Waals surface area contributed by atoms with Crippen molar-refractivity contribution in [3.8, 4) is 5.75 Å². The number of anilines is 1. The van der Waals surface area contributed by atoms with Crippen molar-refractivity contribution in [3.63, 3.8) is 0 Å². The zero-order valence-electron chi connectivity index (χ0n) is 17.1. The van der Waals surface area contributed by atoms with Gasteiger partial charge in [0.2, 0.25) is 17.7 Å². The number of carbonyl (C=O) groups excluding carboxylic acids is 3. The van der Waals surface area contributed by atoms with Crippen LogP contribution in [0.4, 0.5) is 5.69 Å². The number of methoxy groups -OCH3 is 1. The molecule has 0 fully saturated rings. The number of thiocarbonyl (C=S) groups is 1. The van der Waals surface area contributed by atoms with Crippen molar-refractivity contribution in [2.45, 2.75) is 26.2 Å². The van der Waals surface area contributed by atoms with Crippen molar-refractivity contribution in [2.75, 3.05) is 12.4 Å². The normalized spacial score (nSPS) is 10.0. The highest BCUT2D eigenvalue weighted by molar-refractivity contribution is 7.80. The molecule has 0 atom stereocenters. The van der Waals surface area contributed by atoms with Crippen LogP contribution in [0.25, 0.3) is 0 Å². The third kappa shape index (κ3) is 8.23. The van der Waals surface area contributed by atoms with Gasteiger partial charge in [0.15, 0.2) is 5.11 Å². The van der Waals surface area contributed by atoms with Crippen LogP contribution in [0.15, 0.2) is 42.5 Å². The molecule has 3 amide bonds. The first kappa shape index (κ1) is 24.1. The minimum Gasteiger partial charge on any atom is -0.497 e. The number of hydrogen-bond acceptors (Lipinski definition) is 5. The molecular formula is C21H23ClN4O4S. The summed E-state index contributed by atoms with van der Waals surface area (Å²) in [4.78, 5) is 36.0. The van der Waals surface area contributed by atoms with Gasteiger partial charge in [-0.15, -0.1) is 0 Å². The lowest BCUT2D eigenvalue weighted by molar-refractivity contribution is -0.124. The quantitative estimate of drug-likeness (QED) is 0.372. The van der Waals surface area contributed by atoms with Crippen LogP contribution < -0.4 is 26.2 Å². The van der Waals surface area contributed by atoms with Gasteiger partial charge in [-0.25, -0.2) is 0 Å². The summed E-state index contributed by atoms with van der Waals surface area (Å²) in [6.07, 6.45) is 0.0137. The molecule has 31 heavy (non-hydrogen) atoms. The second kappa shape index (κ2) is 11.9. The van der Waals surface area contributed by atoms with E-state index < -0.39 is 5.91 Å². The fraction of sp³-hybridized carbons (Fsp3) is 0.238. The molecule has 0 bridgehead atoms. The van der Waals surface area contributed by atoms with Gasteiger partial charge in [-0.2, -0.15) is 0 Å². The number of amides is 3. The zero-order valence-corrected chi connectivity index (χ0v) is 18.7. The average molecular weight is 463 g/mol. The van der Waals surface area contributed by atoms with Crippen LogP contribution in [-0.2, 0) is 20.8 Å². The standard InChI is InChI=1S/C21H23ClN4O4S/c1-13-16(22)4-3-5-17(13)23-18(27)10-11-19(28)25-26-21(31)24-20(29)12-14-6-8-15(30-2)9-7-14/h3-9H,10-12H2,1-2H3,(H,23,27)(H,25,28)(H2,24,26,29,31). The number of halogens is 1. The minimum atomic E-state index is -0.454. The first-order chi connectivity index (χ1) is 14.8. The van der Waals surface area contributed by atoms with Crippen molar-refractivity contribution < 1.29 is 19.1 Å². The molecule has 0 heterocycles. The smallest absolute Gasteiger partial charge is 0.238 e. The van der Waals surface area contributed by atoms with Gasteiger partial charge >= 0.3 is 0 Å². The molecule has 164 valence electrons. The predicted molar refractivity (Wildman–Crippen MR) is 123 cm³/mol. The largest absolute Gasteiger partial charge is 0.497 e. The van der Waals surface area contributed by atoms with E-state index in [0.29, 0.717) is 16.5 Å². The van der Waals surface area contributed by atoms with Crippen LogP contribution in [-0.4, -0.2) is 29.9 Å². The maximum Gasteiger partial charge on any atom is 0.238 e. The highest BCUT2D eigenvalue weighted by Crippen LogP contribution is 2.23. The SMILES string of the molecule is COc1ccc(CC(=O)NC(=S)NNC(=O)CCC(=O)Nc2cccc(Cl)c2C)cc1. The van der Waals surface area contributed by atoms with Crippen molar-refractivity contribution >= 4 is 52.3 Å². The zero-order chi connectivity index (χ0) is 22.8. The van der Waals surface area contributed by atoms with Crippen molar-refractivity contribution in [2.24, 2.45) is 0 Å². The van der Waals surface area contributed by atoms with Gasteiger partial charge in [0, 0.05) is 23.6 Å². The third-order valence-corrected chi connectivity index (χ3v) is 4.83. The number of rotatable bonds is 7. The van der Waals surface area contributed by atoms with Gasteiger partial charge in [0.25, 0.3) is 0 Å². The minimum absolute atomic E-state index is 0.0317. The van der Waals surface area contributed by atoms with E-state index in [2.05, 4.69) is 21.5 Å². The Labute approximate surface area is 190 Å². The molecule has 0 aliphatic carbocycles. The molecule has 2 rings (SSSR count). The van der Waals surface area contributed by atoms with E-state index in [-0.39, 0.29) is 36.2 Å². The number of ether oxygens (including phenoxy) is 1. The summed E-state index contributed by atoms with van der Waals surface area (Å²) in [6, 6.07) is 12.2. The molecule has 2 aromatic carbocycles. The summed E-state index contributed by atoms with van der Waals surface area (Å²) in [5, 5.41) is 5.67. The second-order valence-corrected chi connectivity index (χ2v) is 7.35. The molecule has 0 aromatic heterocycles. The third-order valence-electron chi connectivity index (χ3n) is 4.21. The molecule has 2 aromatic rings. The number of hydrogen-bond donors (Lipinski definition) is 4. The number of hydrazine groups is 1. The van der Waals surface area contributed by atoms with Crippen LogP contribution in [0.5, 0.6) is 5.75 Å². The Hall–Kier alpha value is -3.17. The molecule has 0 spiro atoms. The van der Waals surface area contributed by atoms with Crippen LogP contribution in [0.3, 0.4) is 0 Å². The van der Waals surface area contributed by atoms with Gasteiger partial charge in [-0.05, 0) is 54.5 Å². The molecule has 4 N–H and O–H groups in total. The first-order valence-corrected chi connectivity index (χ1v) is 10.1. The lowest BCUT2D eigenvalue weighted by Gasteiger charge is -2.11. The van der Waals surface area contributed by atoms with E-state index in [4.69, 9.17) is 28.6 Å². The van der Waals surface area contributed by atoms with Gasteiger partial charge < -0.3 is 15.4 Å². The fourth-order valence-corrected chi connectivity index (χ4v) is 2.84. The van der Waals surface area contributed by atoms with Crippen molar-refractivity contribution in [3.05, 3.63) is 58.6 Å². The Morgan fingerprint density at radius 2 is 1.65 bits per heavy atom. The highest BCUT2D eigenvalue weighted by Gasteiger charge is 2.11. The van der Waals surface area contributed by atoms with E-state index in [1.807, 2.05) is 0 Å². The van der Waals surface area contributed by atoms with Crippen LogP contribution in [0, 0.1) is 6.92 Å². The number of nitrogens with one attached hydrogen (secondary N) is 4. The molecular weight excluding hydrogens is 440 g/mol. The first-order valence-electron chi connectivity index (χ1n) is 9.35. The summed E-state index contributed by atoms with van der Waals surface area (Å²) in [6.45, 7) is 1.79. The van der Waals surface area contributed by atoms with Gasteiger partial charge in [-0.1, -0.05) is 29.8 Å². The summed E-state index contributed by atoms with van der Waals surface area (Å²) in [5.41, 5.74) is 6.91. The van der Waals surface area contributed by atoms with Crippen molar-refractivity contribution in [1.29, 1.82) is 0 Å². The maximum absolute atomic E-state index is 12.0. The lowest BCUT2D eigenvalue weighted by atomic mass is 10.1. The average Bonchev–Trinajstić information content (AvgIpc) is 2.74. The summed E-state index contributed by atoms with van der Waals surface area (Å²) >= 11 is 11.0. The van der Waals surface area contributed by atoms with E-state index in [1.165, 1.54) is 0 Å². The van der Waals surface area contributed by atoms with E-state index in [0.717, 1.165) is 11.1 Å². The van der Waals surface area contributed by atoms with E-state index in [1.54, 1.807) is 56.5 Å². The predicted octanol–water partition coefficient (Wildman–Crippen LogP) is 2.64. The summed E-state index contributed by atoms with van der Waals surface area (Å²) in [5.74, 6) is -0.422. The summed E-state index contributed by atoms with van der Waals surface area (Å²) < 4.78 is 5.07. The Bertz CT molecular complexity index is 966. The topological polar surface area (TPSA) is 109 Å². The number of carbonyl (C=O) groups is 3. The Morgan fingerprint density at radius 3 is 2.32 bits per heavy atom. The van der Waals surface area contributed by atoms with Crippen molar-refractivity contribution in [1.82, 2.24) is 16.2 Å². The van der Waals surface area contributed by atoms with Crippen LogP contribution in [0.1, 0.15) is 24.0 Å². The Morgan fingerprint density at radius 1 is 0.968 bits per heavy atom. The molecule has 0 unspecified atom stereocenters. The molecule has 0 radical (unpaired) electrons. The van der Waals surface area contributed by atoms with Crippen LogP contribution >= 0.6 is 23.8 Å². The molecule has 0 saturated heterocycles. The summed E-state index contributed by atoms with van der Waals surface area (Å²) in [7, 11) is 1.56. The molecule has 0 aliphatic heterocycles. The molecule has 0 aliphatic rings. The number of benzene rings is 2. The van der Waals surface area contributed by atoms with Crippen LogP contribution in [0.2, 0.25) is 5.02 Å². The van der Waals surface area contributed by atoms with E-state index >= 15 is 0 Å². The fourth-order valence-electron chi connectivity index (χ4n) is 2.50. The van der Waals surface area contributed by atoms with Gasteiger partial charge in [0.1, 0.15) is 5.75 Å². The van der Waals surface area contributed by atoms with E-state index in [9.17, 15) is 14.4 Å². The molecule has 10 heteroatoms.